The number of hydrogen-bond acceptors (Lipinski definition) is 2. The molecule has 74 valence electrons. The molecular formula is C9H14BrNO2. The van der Waals surface area contributed by atoms with E-state index in [0.717, 1.165) is 39.0 Å². The number of nitrogens with zero attached hydrogens (tertiary/aromatic N) is 1. The topological polar surface area (TPSA) is 29.5 Å². The lowest BCUT2D eigenvalue weighted by Gasteiger charge is -2.30. The molecule has 0 aromatic heterocycles. The Morgan fingerprint density at radius 1 is 1.31 bits per heavy atom. The van der Waals surface area contributed by atoms with Gasteiger partial charge in [-0.1, -0.05) is 15.9 Å². The lowest BCUT2D eigenvalue weighted by molar-refractivity contribution is -0.130. The summed E-state index contributed by atoms with van der Waals surface area (Å²) in [6, 6.07) is 0.434. The van der Waals surface area contributed by atoms with E-state index in [-0.39, 0.29) is 10.7 Å². The Morgan fingerprint density at radius 2 is 2.00 bits per heavy atom. The van der Waals surface area contributed by atoms with Gasteiger partial charge in [0.25, 0.3) is 0 Å². The highest BCUT2D eigenvalue weighted by Gasteiger charge is 2.34. The predicted molar refractivity (Wildman–Crippen MR) is 52.9 cm³/mol. The fraction of sp³-hybridized carbons (Fsp3) is 0.889. The molecule has 0 spiro atoms. The minimum atomic E-state index is 0.0651. The molecule has 2 aliphatic rings. The van der Waals surface area contributed by atoms with Crippen molar-refractivity contribution < 1.29 is 9.53 Å². The summed E-state index contributed by atoms with van der Waals surface area (Å²) >= 11 is 3.39. The average Bonchev–Trinajstić information content (AvgIpc) is 2.49. The van der Waals surface area contributed by atoms with Crippen LogP contribution in [0.1, 0.15) is 19.3 Å². The van der Waals surface area contributed by atoms with Gasteiger partial charge in [-0.05, 0) is 19.3 Å². The molecule has 1 atom stereocenters. The van der Waals surface area contributed by atoms with Crippen LogP contribution < -0.4 is 0 Å². The molecule has 2 aliphatic heterocycles. The zero-order valence-corrected chi connectivity index (χ0v) is 9.13. The highest BCUT2D eigenvalue weighted by molar-refractivity contribution is 9.10. The molecule has 0 unspecified atom stereocenters. The lowest BCUT2D eigenvalue weighted by Crippen LogP contribution is -2.41. The number of rotatable bonds is 1. The van der Waals surface area contributed by atoms with Gasteiger partial charge in [-0.2, -0.15) is 0 Å². The summed E-state index contributed by atoms with van der Waals surface area (Å²) in [5.74, 6) is 0.270. The largest absolute Gasteiger partial charge is 0.381 e. The first-order chi connectivity index (χ1) is 6.29. The third-order valence-electron chi connectivity index (χ3n) is 2.81. The maximum Gasteiger partial charge on any atom is 0.236 e. The molecule has 0 aromatic rings. The van der Waals surface area contributed by atoms with E-state index in [9.17, 15) is 4.79 Å². The molecule has 4 heteroatoms. The molecule has 0 aromatic carbocycles. The molecule has 0 aliphatic carbocycles. The van der Waals surface area contributed by atoms with Crippen molar-refractivity contribution in [3.63, 3.8) is 0 Å². The summed E-state index contributed by atoms with van der Waals surface area (Å²) in [4.78, 5) is 13.7. The molecule has 2 rings (SSSR count). The maximum absolute atomic E-state index is 11.6. The number of halogens is 1. The van der Waals surface area contributed by atoms with Crippen LogP contribution in [0.4, 0.5) is 0 Å². The number of hydrogen-bond donors (Lipinski definition) is 0. The fourth-order valence-corrected chi connectivity index (χ4v) is 2.49. The van der Waals surface area contributed by atoms with E-state index >= 15 is 0 Å². The first-order valence-corrected chi connectivity index (χ1v) is 5.73. The van der Waals surface area contributed by atoms with Gasteiger partial charge < -0.3 is 9.64 Å². The Hall–Kier alpha value is -0.0900. The second-order valence-electron chi connectivity index (χ2n) is 3.63. The van der Waals surface area contributed by atoms with Crippen LogP contribution in [0.25, 0.3) is 0 Å². The Labute approximate surface area is 86.5 Å². The van der Waals surface area contributed by atoms with Crippen molar-refractivity contribution in [1.29, 1.82) is 0 Å². The number of amides is 1. The zero-order chi connectivity index (χ0) is 9.26. The monoisotopic (exact) mass is 247 g/mol. The van der Waals surface area contributed by atoms with E-state index in [1.165, 1.54) is 0 Å². The van der Waals surface area contributed by atoms with Gasteiger partial charge in [0.1, 0.15) is 0 Å². The van der Waals surface area contributed by atoms with E-state index in [4.69, 9.17) is 4.74 Å². The Kier molecular flexibility index (Phi) is 2.89. The molecule has 2 fully saturated rings. The van der Waals surface area contributed by atoms with E-state index < -0.39 is 0 Å². The average molecular weight is 248 g/mol. The van der Waals surface area contributed by atoms with Crippen LogP contribution in [-0.2, 0) is 9.53 Å². The number of alkyl halides is 1. The van der Waals surface area contributed by atoms with Gasteiger partial charge in [0.05, 0.1) is 4.83 Å². The van der Waals surface area contributed by atoms with Crippen LogP contribution in [0.15, 0.2) is 0 Å². The highest BCUT2D eigenvalue weighted by atomic mass is 79.9. The molecule has 0 N–H and O–H groups in total. The third kappa shape index (κ3) is 1.89. The standard InChI is InChI=1S/C9H14BrNO2/c10-8-1-4-11(9(8)12)7-2-5-13-6-3-7/h7-8H,1-6H2/t8-/m0/s1. The van der Waals surface area contributed by atoms with Gasteiger partial charge in [-0.25, -0.2) is 0 Å². The van der Waals surface area contributed by atoms with Gasteiger partial charge in [0.2, 0.25) is 5.91 Å². The summed E-state index contributed by atoms with van der Waals surface area (Å²) in [6.45, 7) is 2.53. The Morgan fingerprint density at radius 3 is 2.54 bits per heavy atom. The summed E-state index contributed by atoms with van der Waals surface area (Å²) < 4.78 is 5.27. The van der Waals surface area contributed by atoms with E-state index in [0.29, 0.717) is 6.04 Å². The predicted octanol–water partition coefficient (Wildman–Crippen LogP) is 1.16. The van der Waals surface area contributed by atoms with Crippen molar-refractivity contribution >= 4 is 21.8 Å². The zero-order valence-electron chi connectivity index (χ0n) is 7.54. The lowest BCUT2D eigenvalue weighted by atomic mass is 10.1. The normalized spacial score (nSPS) is 31.3. The summed E-state index contributed by atoms with van der Waals surface area (Å²) in [7, 11) is 0. The fourth-order valence-electron chi connectivity index (χ4n) is 2.03. The second kappa shape index (κ2) is 3.96. The minimum absolute atomic E-state index is 0.0651. The Balaban J connectivity index is 1.96. The van der Waals surface area contributed by atoms with Crippen LogP contribution in [0, 0.1) is 0 Å². The summed E-state index contributed by atoms with van der Waals surface area (Å²) in [5.41, 5.74) is 0. The van der Waals surface area contributed by atoms with Crippen molar-refractivity contribution in [1.82, 2.24) is 4.90 Å². The van der Waals surface area contributed by atoms with Crippen LogP contribution >= 0.6 is 15.9 Å². The SMILES string of the molecule is O=C1[C@@H](Br)CCN1C1CCOCC1. The summed E-state index contributed by atoms with van der Waals surface area (Å²) in [6.07, 6.45) is 2.97. The second-order valence-corrected chi connectivity index (χ2v) is 4.74. The molecule has 1 amide bonds. The van der Waals surface area contributed by atoms with Crippen molar-refractivity contribution in [3.8, 4) is 0 Å². The smallest absolute Gasteiger partial charge is 0.236 e. The molecule has 3 nitrogen and oxygen atoms in total. The van der Waals surface area contributed by atoms with Gasteiger partial charge in [-0.15, -0.1) is 0 Å². The van der Waals surface area contributed by atoms with E-state index in [1.807, 2.05) is 4.90 Å². The number of carbonyl (C=O) groups is 1. The van der Waals surface area contributed by atoms with Crippen LogP contribution in [0.5, 0.6) is 0 Å². The molecule has 0 bridgehead atoms. The van der Waals surface area contributed by atoms with Gasteiger partial charge in [-0.3, -0.25) is 4.79 Å². The van der Waals surface area contributed by atoms with Crippen molar-refractivity contribution in [2.45, 2.75) is 30.1 Å². The number of carbonyl (C=O) groups excluding carboxylic acids is 1. The maximum atomic E-state index is 11.6. The minimum Gasteiger partial charge on any atom is -0.381 e. The first kappa shape index (κ1) is 9.46. The third-order valence-corrected chi connectivity index (χ3v) is 3.66. The van der Waals surface area contributed by atoms with Crippen molar-refractivity contribution in [3.05, 3.63) is 0 Å². The molecular weight excluding hydrogens is 234 g/mol. The molecule has 0 radical (unpaired) electrons. The van der Waals surface area contributed by atoms with Crippen LogP contribution in [-0.4, -0.2) is 41.4 Å². The molecule has 2 saturated heterocycles. The van der Waals surface area contributed by atoms with Crippen LogP contribution in [0.2, 0.25) is 0 Å². The summed E-state index contributed by atoms with van der Waals surface area (Å²) in [5, 5.41) is 0. The van der Waals surface area contributed by atoms with E-state index in [2.05, 4.69) is 15.9 Å². The van der Waals surface area contributed by atoms with E-state index in [1.54, 1.807) is 0 Å². The quantitative estimate of drug-likeness (QED) is 0.652. The molecule has 13 heavy (non-hydrogen) atoms. The van der Waals surface area contributed by atoms with Crippen molar-refractivity contribution in [2.24, 2.45) is 0 Å². The molecule has 0 saturated carbocycles. The highest BCUT2D eigenvalue weighted by Crippen LogP contribution is 2.24. The number of likely N-dealkylation sites (tertiary alicyclic amines) is 1. The van der Waals surface area contributed by atoms with Crippen molar-refractivity contribution in [2.75, 3.05) is 19.8 Å². The Bertz CT molecular complexity index is 204. The van der Waals surface area contributed by atoms with Gasteiger partial charge >= 0.3 is 0 Å². The van der Waals surface area contributed by atoms with Crippen LogP contribution in [0.3, 0.4) is 0 Å². The van der Waals surface area contributed by atoms with Gasteiger partial charge in [0, 0.05) is 25.8 Å². The molecule has 2 heterocycles. The van der Waals surface area contributed by atoms with Gasteiger partial charge in [0.15, 0.2) is 0 Å². The number of ether oxygens (including phenoxy) is 1. The first-order valence-electron chi connectivity index (χ1n) is 4.81.